The molecule has 160 valence electrons. The third-order valence-corrected chi connectivity index (χ3v) is 7.85. The molecule has 0 fully saturated rings. The molecule has 6 rings (SSSR count). The van der Waals surface area contributed by atoms with Crippen LogP contribution in [0.25, 0.3) is 43.1 Å². The van der Waals surface area contributed by atoms with Crippen LogP contribution in [-0.2, 0) is 15.1 Å². The minimum atomic E-state index is 0.811. The first-order valence-electron chi connectivity index (χ1n) is 11.1. The van der Waals surface area contributed by atoms with Crippen molar-refractivity contribution >= 4 is 67.2 Å². The normalized spacial score (nSPS) is 11.6. The smallest absolute Gasteiger partial charge is 0.0473 e. The molecule has 0 heterocycles. The third kappa shape index (κ3) is 3.97. The largest absolute Gasteiger partial charge is 0.247 e. The molecular formula is C30H22OS2. The molecule has 6 aromatic rings. The van der Waals surface area contributed by atoms with E-state index in [9.17, 15) is 0 Å². The van der Waals surface area contributed by atoms with Gasteiger partial charge >= 0.3 is 0 Å². The lowest BCUT2D eigenvalue weighted by Gasteiger charge is -2.12. The average molecular weight is 463 g/mol. The fourth-order valence-corrected chi connectivity index (χ4v) is 6.24. The quantitative estimate of drug-likeness (QED) is 0.139. The van der Waals surface area contributed by atoms with E-state index in [0.29, 0.717) is 0 Å². The van der Waals surface area contributed by atoms with Crippen molar-refractivity contribution in [3.8, 4) is 0 Å². The number of benzene rings is 6. The molecule has 0 unspecified atom stereocenters. The number of rotatable bonds is 6. The first-order chi connectivity index (χ1) is 16.4. The molecule has 0 aliphatic carbocycles. The third-order valence-electron chi connectivity index (χ3n) is 6.27. The lowest BCUT2D eigenvalue weighted by atomic mass is 9.98. The second-order valence-corrected chi connectivity index (χ2v) is 9.78. The van der Waals surface area contributed by atoms with Gasteiger partial charge in [0.25, 0.3) is 0 Å². The van der Waals surface area contributed by atoms with E-state index in [1.807, 2.05) is 0 Å². The molecule has 0 radical (unpaired) electrons. The molecular weight excluding hydrogens is 440 g/mol. The van der Waals surface area contributed by atoms with Crippen molar-refractivity contribution in [2.75, 3.05) is 0 Å². The van der Waals surface area contributed by atoms with Gasteiger partial charge in [0.2, 0.25) is 0 Å². The van der Waals surface area contributed by atoms with Crippen LogP contribution in [0.1, 0.15) is 11.1 Å². The fraction of sp³-hybridized carbons (Fsp3) is 0.0667. The minimum absolute atomic E-state index is 0.811. The van der Waals surface area contributed by atoms with Crippen molar-refractivity contribution in [2.45, 2.75) is 11.5 Å². The van der Waals surface area contributed by atoms with E-state index in [-0.39, 0.29) is 0 Å². The monoisotopic (exact) mass is 462 g/mol. The Hall–Kier alpha value is -2.98. The highest BCUT2D eigenvalue weighted by Crippen LogP contribution is 2.35. The predicted octanol–water partition coefficient (Wildman–Crippen LogP) is 9.31. The van der Waals surface area contributed by atoms with Crippen LogP contribution in [0.15, 0.2) is 109 Å². The van der Waals surface area contributed by atoms with Crippen molar-refractivity contribution in [3.05, 3.63) is 120 Å². The van der Waals surface area contributed by atoms with E-state index >= 15 is 0 Å². The Bertz CT molecular complexity index is 1380. The standard InChI is InChI=1S/C30H22OS2/c1-5-13-25-21(9-1)17-22-10-2-6-14-26(22)29(25)19-32-31-33-20-30-27-15-7-3-11-23(27)18-24-12-4-8-16-28(24)30/h1-18H,19-20H2. The lowest BCUT2D eigenvalue weighted by Crippen LogP contribution is -1.89. The number of hydrogen-bond donors (Lipinski definition) is 0. The maximum Gasteiger partial charge on any atom is 0.0473 e. The van der Waals surface area contributed by atoms with E-state index in [1.54, 1.807) is 0 Å². The predicted molar refractivity (Wildman–Crippen MR) is 147 cm³/mol. The van der Waals surface area contributed by atoms with E-state index in [4.69, 9.17) is 3.63 Å². The minimum Gasteiger partial charge on any atom is -0.247 e. The molecule has 0 N–H and O–H groups in total. The van der Waals surface area contributed by atoms with Gasteiger partial charge in [-0.15, -0.1) is 0 Å². The molecule has 0 aliphatic heterocycles. The van der Waals surface area contributed by atoms with Crippen LogP contribution in [-0.4, -0.2) is 0 Å². The van der Waals surface area contributed by atoms with Crippen LogP contribution >= 0.6 is 24.1 Å². The Morgan fingerprint density at radius 2 is 0.727 bits per heavy atom. The first kappa shape index (κ1) is 20.6. The van der Waals surface area contributed by atoms with Crippen LogP contribution in [0, 0.1) is 0 Å². The summed E-state index contributed by atoms with van der Waals surface area (Å²) in [6, 6.07) is 39.1. The van der Waals surface area contributed by atoms with E-state index in [0.717, 1.165) is 11.5 Å². The second kappa shape index (κ2) is 9.11. The topological polar surface area (TPSA) is 9.23 Å². The SMILES string of the molecule is c1ccc2c(CSOSCc3c4ccccc4cc4ccccc34)c3ccccc3cc2c1. The zero-order chi connectivity index (χ0) is 22.0. The van der Waals surface area contributed by atoms with Crippen molar-refractivity contribution in [2.24, 2.45) is 0 Å². The molecule has 0 bridgehead atoms. The average Bonchev–Trinajstić information content (AvgIpc) is 2.87. The maximum atomic E-state index is 6.07. The molecule has 0 saturated carbocycles. The van der Waals surface area contributed by atoms with Gasteiger partial charge in [-0.05, 0) is 66.3 Å². The van der Waals surface area contributed by atoms with Gasteiger partial charge in [0.1, 0.15) is 0 Å². The Morgan fingerprint density at radius 1 is 0.424 bits per heavy atom. The summed E-state index contributed by atoms with van der Waals surface area (Å²) in [5, 5.41) is 10.3. The van der Waals surface area contributed by atoms with Crippen molar-refractivity contribution in [3.63, 3.8) is 0 Å². The van der Waals surface area contributed by atoms with Crippen molar-refractivity contribution in [1.82, 2.24) is 0 Å². The van der Waals surface area contributed by atoms with Crippen LogP contribution in [0.4, 0.5) is 0 Å². The van der Waals surface area contributed by atoms with E-state index < -0.39 is 0 Å². The highest BCUT2D eigenvalue weighted by atomic mass is 32.2. The molecule has 0 aliphatic rings. The Balaban J connectivity index is 1.24. The summed E-state index contributed by atoms with van der Waals surface area (Å²) < 4.78 is 6.07. The molecule has 3 heteroatoms. The Labute approximate surface area is 202 Å². The van der Waals surface area contributed by atoms with Gasteiger partial charge in [0, 0.05) is 35.6 Å². The highest BCUT2D eigenvalue weighted by molar-refractivity contribution is 8.07. The van der Waals surface area contributed by atoms with Crippen LogP contribution in [0.2, 0.25) is 0 Å². The van der Waals surface area contributed by atoms with Crippen molar-refractivity contribution < 1.29 is 3.63 Å². The summed E-state index contributed by atoms with van der Waals surface area (Å²) in [5.74, 6) is 1.62. The zero-order valence-electron chi connectivity index (χ0n) is 18.0. The molecule has 33 heavy (non-hydrogen) atoms. The van der Waals surface area contributed by atoms with Crippen LogP contribution in [0.5, 0.6) is 0 Å². The molecule has 1 nitrogen and oxygen atoms in total. The second-order valence-electron chi connectivity index (χ2n) is 8.19. The summed E-state index contributed by atoms with van der Waals surface area (Å²) >= 11 is 3.06. The molecule has 0 aromatic heterocycles. The van der Waals surface area contributed by atoms with Gasteiger partial charge in [0.05, 0.1) is 0 Å². The summed E-state index contributed by atoms with van der Waals surface area (Å²) in [6.07, 6.45) is 0. The highest BCUT2D eigenvalue weighted by Gasteiger charge is 2.10. The van der Waals surface area contributed by atoms with E-state index in [1.165, 1.54) is 78.3 Å². The van der Waals surface area contributed by atoms with Gasteiger partial charge in [-0.1, -0.05) is 97.1 Å². The number of fused-ring (bicyclic) bond motifs is 4. The van der Waals surface area contributed by atoms with Crippen molar-refractivity contribution in [1.29, 1.82) is 0 Å². The molecule has 0 atom stereocenters. The van der Waals surface area contributed by atoms with Gasteiger partial charge in [0.15, 0.2) is 0 Å². The Kier molecular flexibility index (Phi) is 5.69. The maximum absolute atomic E-state index is 6.07. The summed E-state index contributed by atoms with van der Waals surface area (Å²) in [7, 11) is 0. The summed E-state index contributed by atoms with van der Waals surface area (Å²) in [5.41, 5.74) is 2.68. The number of hydrogen-bond acceptors (Lipinski definition) is 3. The van der Waals surface area contributed by atoms with Gasteiger partial charge in [-0.25, -0.2) is 3.63 Å². The van der Waals surface area contributed by atoms with Gasteiger partial charge in [-0.2, -0.15) is 0 Å². The zero-order valence-corrected chi connectivity index (χ0v) is 19.7. The molecule has 0 saturated heterocycles. The van der Waals surface area contributed by atoms with E-state index in [2.05, 4.69) is 109 Å². The molecule has 0 spiro atoms. The van der Waals surface area contributed by atoms with Gasteiger partial charge in [-0.3, -0.25) is 0 Å². The van der Waals surface area contributed by atoms with Crippen LogP contribution < -0.4 is 0 Å². The molecule has 6 aromatic carbocycles. The van der Waals surface area contributed by atoms with Crippen LogP contribution in [0.3, 0.4) is 0 Å². The summed E-state index contributed by atoms with van der Waals surface area (Å²) in [6.45, 7) is 0. The first-order valence-corrected chi connectivity index (χ1v) is 12.9. The molecule has 0 amide bonds. The lowest BCUT2D eigenvalue weighted by molar-refractivity contribution is 0.756. The van der Waals surface area contributed by atoms with Gasteiger partial charge < -0.3 is 0 Å². The Morgan fingerprint density at radius 3 is 1.06 bits per heavy atom. The summed E-state index contributed by atoms with van der Waals surface area (Å²) in [4.78, 5) is 0. The fourth-order valence-electron chi connectivity index (χ4n) is 4.73.